The maximum Gasteiger partial charge on any atom is 0.251 e. The Balaban J connectivity index is 1.60. The van der Waals surface area contributed by atoms with Gasteiger partial charge in [0.2, 0.25) is 0 Å². The van der Waals surface area contributed by atoms with E-state index in [1.165, 1.54) is 19.3 Å². The molecule has 2 aliphatic rings. The third kappa shape index (κ3) is 6.26. The zero-order valence-electron chi connectivity index (χ0n) is 20.1. The number of hydrogen-bond acceptors (Lipinski definition) is 7. The molecule has 2 fully saturated rings. The van der Waals surface area contributed by atoms with Crippen molar-refractivity contribution in [3.05, 3.63) is 53.0 Å². The molecule has 0 saturated heterocycles. The van der Waals surface area contributed by atoms with Crippen LogP contribution >= 0.6 is 0 Å². The first-order chi connectivity index (χ1) is 16.6. The van der Waals surface area contributed by atoms with Crippen LogP contribution in [0.2, 0.25) is 0 Å². The lowest BCUT2D eigenvalue weighted by atomic mass is 9.95. The van der Waals surface area contributed by atoms with Crippen molar-refractivity contribution in [2.75, 3.05) is 23.7 Å². The number of amides is 1. The molecule has 0 unspecified atom stereocenters. The number of rotatable bonds is 10. The van der Waals surface area contributed by atoms with Crippen molar-refractivity contribution in [3.8, 4) is 0 Å². The number of nitrogens with one attached hydrogen (secondary N) is 3. The van der Waals surface area contributed by atoms with Crippen LogP contribution in [0.5, 0.6) is 0 Å². The first-order valence-electron chi connectivity index (χ1n) is 12.5. The fraction of sp³-hybridized carbons (Fsp3) is 0.500. The molecule has 8 nitrogen and oxygen atoms in total. The Morgan fingerprint density at radius 3 is 2.50 bits per heavy atom. The second kappa shape index (κ2) is 11.3. The molecule has 0 spiro atoms. The molecule has 2 saturated carbocycles. The third-order valence-electron chi connectivity index (χ3n) is 6.47. The summed E-state index contributed by atoms with van der Waals surface area (Å²) in [7, 11) is 0. The number of aryl methyl sites for hydroxylation is 1. The zero-order valence-corrected chi connectivity index (χ0v) is 20.1. The first-order valence-corrected chi connectivity index (χ1v) is 12.5. The predicted octanol–water partition coefficient (Wildman–Crippen LogP) is 3.53. The Morgan fingerprint density at radius 2 is 1.82 bits per heavy atom. The minimum atomic E-state index is -0.0221. The van der Waals surface area contributed by atoms with Crippen molar-refractivity contribution in [3.63, 3.8) is 0 Å². The molecule has 1 aromatic carbocycles. The van der Waals surface area contributed by atoms with Crippen LogP contribution in [0, 0.1) is 6.92 Å². The number of carbonyl (C=O) groups is 1. The summed E-state index contributed by atoms with van der Waals surface area (Å²) in [6.45, 7) is 3.30. The van der Waals surface area contributed by atoms with Gasteiger partial charge in [-0.3, -0.25) is 4.79 Å². The molecule has 8 heteroatoms. The Labute approximate surface area is 202 Å². The van der Waals surface area contributed by atoms with Crippen molar-refractivity contribution in [1.29, 1.82) is 0 Å². The van der Waals surface area contributed by atoms with Gasteiger partial charge in [-0.15, -0.1) is 0 Å². The van der Waals surface area contributed by atoms with E-state index >= 15 is 0 Å². The topological polar surface area (TPSA) is 131 Å². The van der Waals surface area contributed by atoms with E-state index < -0.39 is 0 Å². The number of nitrogens with two attached hydrogens (primary N) is 2. The zero-order chi connectivity index (χ0) is 23.9. The van der Waals surface area contributed by atoms with Crippen LogP contribution in [0.4, 0.5) is 11.6 Å². The molecule has 7 N–H and O–H groups in total. The van der Waals surface area contributed by atoms with Crippen molar-refractivity contribution < 1.29 is 4.79 Å². The maximum atomic E-state index is 12.5. The van der Waals surface area contributed by atoms with Crippen LogP contribution < -0.4 is 27.4 Å². The molecular formula is C26H37N7O. The lowest BCUT2D eigenvalue weighted by Gasteiger charge is -2.24. The van der Waals surface area contributed by atoms with Gasteiger partial charge < -0.3 is 27.4 Å². The molecule has 182 valence electrons. The SMILES string of the molecule is Cc1cc(C(=CN)c2nc(NCCCN)cc(NC3CCCCC3)n2)ccc1C(=O)NC1CC1. The Kier molecular flexibility index (Phi) is 8.00. The molecule has 2 aromatic rings. The summed E-state index contributed by atoms with van der Waals surface area (Å²) in [4.78, 5) is 22.1. The van der Waals surface area contributed by atoms with Gasteiger partial charge in [-0.2, -0.15) is 0 Å². The number of anilines is 2. The van der Waals surface area contributed by atoms with Gasteiger partial charge in [0.15, 0.2) is 5.82 Å². The van der Waals surface area contributed by atoms with Crippen molar-refractivity contribution >= 4 is 23.1 Å². The van der Waals surface area contributed by atoms with Crippen LogP contribution in [0.1, 0.15) is 78.7 Å². The number of aromatic nitrogens is 2. The van der Waals surface area contributed by atoms with Crippen LogP contribution in [0.15, 0.2) is 30.5 Å². The highest BCUT2D eigenvalue weighted by Gasteiger charge is 2.24. The van der Waals surface area contributed by atoms with Gasteiger partial charge in [-0.1, -0.05) is 31.4 Å². The Morgan fingerprint density at radius 1 is 1.06 bits per heavy atom. The highest BCUT2D eigenvalue weighted by atomic mass is 16.1. The molecule has 0 atom stereocenters. The van der Waals surface area contributed by atoms with Crippen LogP contribution in [-0.4, -0.2) is 41.0 Å². The van der Waals surface area contributed by atoms with E-state index in [0.29, 0.717) is 30.0 Å². The lowest BCUT2D eigenvalue weighted by Crippen LogP contribution is -2.26. The van der Waals surface area contributed by atoms with E-state index in [1.54, 1.807) is 6.20 Å². The quantitative estimate of drug-likeness (QED) is 0.341. The van der Waals surface area contributed by atoms with E-state index in [2.05, 4.69) is 16.0 Å². The molecule has 1 aromatic heterocycles. The molecule has 4 rings (SSSR count). The molecule has 1 heterocycles. The van der Waals surface area contributed by atoms with Crippen molar-refractivity contribution in [1.82, 2.24) is 15.3 Å². The average Bonchev–Trinajstić information content (AvgIpc) is 3.64. The average molecular weight is 464 g/mol. The van der Waals surface area contributed by atoms with Crippen molar-refractivity contribution in [2.24, 2.45) is 11.5 Å². The smallest absolute Gasteiger partial charge is 0.251 e. The minimum Gasteiger partial charge on any atom is -0.404 e. The minimum absolute atomic E-state index is 0.0221. The van der Waals surface area contributed by atoms with E-state index in [1.807, 2.05) is 31.2 Å². The van der Waals surface area contributed by atoms with E-state index in [9.17, 15) is 4.79 Å². The van der Waals surface area contributed by atoms with Gasteiger partial charge in [0.25, 0.3) is 5.91 Å². The lowest BCUT2D eigenvalue weighted by molar-refractivity contribution is 0.0950. The van der Waals surface area contributed by atoms with E-state index in [0.717, 1.165) is 67.0 Å². The molecule has 2 aliphatic carbocycles. The van der Waals surface area contributed by atoms with Gasteiger partial charge in [-0.05, 0) is 62.8 Å². The van der Waals surface area contributed by atoms with E-state index in [4.69, 9.17) is 21.4 Å². The monoisotopic (exact) mass is 463 g/mol. The van der Waals surface area contributed by atoms with Gasteiger partial charge in [-0.25, -0.2) is 9.97 Å². The van der Waals surface area contributed by atoms with Crippen LogP contribution in [-0.2, 0) is 0 Å². The Hall–Kier alpha value is -3.13. The van der Waals surface area contributed by atoms with Gasteiger partial charge in [0.05, 0.1) is 0 Å². The van der Waals surface area contributed by atoms with Crippen LogP contribution in [0.25, 0.3) is 5.57 Å². The number of hydrogen-bond donors (Lipinski definition) is 5. The summed E-state index contributed by atoms with van der Waals surface area (Å²) < 4.78 is 0. The Bertz CT molecular complexity index is 1030. The second-order valence-corrected chi connectivity index (χ2v) is 9.37. The standard InChI is InChI=1S/C26H37N7O/c1-17-14-18(8-11-21(17)26(34)31-20-9-10-20)22(16-28)25-32-23(29-13-5-12-27)15-24(33-25)30-19-6-3-2-4-7-19/h8,11,14-16,19-20H,2-7,9-10,12-13,27-28H2,1H3,(H,31,34)(H2,29,30,32,33). The summed E-state index contributed by atoms with van der Waals surface area (Å²) in [5, 5.41) is 10.0. The highest BCUT2D eigenvalue weighted by Crippen LogP contribution is 2.27. The molecule has 0 radical (unpaired) electrons. The normalized spacial score (nSPS) is 16.8. The molecule has 0 aliphatic heterocycles. The van der Waals surface area contributed by atoms with Crippen LogP contribution in [0.3, 0.4) is 0 Å². The molecule has 0 bridgehead atoms. The largest absolute Gasteiger partial charge is 0.404 e. The predicted molar refractivity (Wildman–Crippen MR) is 138 cm³/mol. The summed E-state index contributed by atoms with van der Waals surface area (Å²) in [6.07, 6.45) is 10.6. The van der Waals surface area contributed by atoms with Gasteiger partial charge in [0, 0.05) is 42.0 Å². The second-order valence-electron chi connectivity index (χ2n) is 9.37. The molecular weight excluding hydrogens is 426 g/mol. The summed E-state index contributed by atoms with van der Waals surface area (Å²) in [6, 6.07) is 8.46. The molecule has 34 heavy (non-hydrogen) atoms. The van der Waals surface area contributed by atoms with Crippen molar-refractivity contribution in [2.45, 2.75) is 70.4 Å². The number of carbonyl (C=O) groups excluding carboxylic acids is 1. The third-order valence-corrected chi connectivity index (χ3v) is 6.47. The maximum absolute atomic E-state index is 12.5. The number of nitrogens with zero attached hydrogens (tertiary/aromatic N) is 2. The fourth-order valence-electron chi connectivity index (χ4n) is 4.38. The van der Waals surface area contributed by atoms with Gasteiger partial charge in [0.1, 0.15) is 11.6 Å². The van der Waals surface area contributed by atoms with Gasteiger partial charge >= 0.3 is 0 Å². The summed E-state index contributed by atoms with van der Waals surface area (Å²) >= 11 is 0. The highest BCUT2D eigenvalue weighted by molar-refractivity contribution is 5.96. The fourth-order valence-corrected chi connectivity index (χ4v) is 4.38. The molecule has 1 amide bonds. The summed E-state index contributed by atoms with van der Waals surface area (Å²) in [5.41, 5.74) is 14.9. The first kappa shape index (κ1) is 24.0. The van der Waals surface area contributed by atoms with E-state index in [-0.39, 0.29) is 5.91 Å². The number of benzene rings is 1. The summed E-state index contributed by atoms with van der Waals surface area (Å²) in [5.74, 6) is 2.07.